The summed E-state index contributed by atoms with van der Waals surface area (Å²) in [5.74, 6) is -0.779. The molecule has 124 valence electrons. The van der Waals surface area contributed by atoms with Gasteiger partial charge in [0.15, 0.2) is 5.58 Å². The number of oxazole rings is 1. The second-order valence-corrected chi connectivity index (χ2v) is 5.96. The van der Waals surface area contributed by atoms with Crippen LogP contribution in [0.5, 0.6) is 0 Å². The van der Waals surface area contributed by atoms with Crippen molar-refractivity contribution in [2.75, 3.05) is 0 Å². The lowest BCUT2D eigenvalue weighted by Gasteiger charge is -2.03. The van der Waals surface area contributed by atoms with Gasteiger partial charge in [-0.1, -0.05) is 55.3 Å². The number of unbranched alkanes of at least 4 members (excludes halogenated alkanes) is 3. The molecule has 0 amide bonds. The van der Waals surface area contributed by atoms with E-state index in [4.69, 9.17) is 4.42 Å². The Hall–Kier alpha value is -2.62. The van der Waals surface area contributed by atoms with Gasteiger partial charge >= 0.3 is 5.76 Å². The molecule has 0 saturated carbocycles. The minimum Gasteiger partial charge on any atom is -0.407 e. The molecule has 0 spiro atoms. The lowest BCUT2D eigenvalue weighted by Crippen LogP contribution is -2.22. The lowest BCUT2D eigenvalue weighted by atomic mass is 10.1. The second-order valence-electron chi connectivity index (χ2n) is 5.96. The summed E-state index contributed by atoms with van der Waals surface area (Å²) in [5.41, 5.74) is 2.36. The van der Waals surface area contributed by atoms with Crippen LogP contribution in [0, 0.1) is 0 Å². The molecule has 4 nitrogen and oxygen atoms in total. The van der Waals surface area contributed by atoms with Crippen LogP contribution < -0.4 is 5.76 Å². The third-order valence-electron chi connectivity index (χ3n) is 4.18. The summed E-state index contributed by atoms with van der Waals surface area (Å²) < 4.78 is 6.25. The molecular formula is C20H21NO3. The van der Waals surface area contributed by atoms with Gasteiger partial charge in [-0.15, -0.1) is 0 Å². The van der Waals surface area contributed by atoms with Crippen molar-refractivity contribution in [2.45, 2.75) is 38.5 Å². The highest BCUT2D eigenvalue weighted by Crippen LogP contribution is 2.14. The molecule has 0 aliphatic carbocycles. The fraction of sp³-hybridized carbons (Fsp3) is 0.300. The zero-order valence-corrected chi connectivity index (χ0v) is 13.6. The molecule has 24 heavy (non-hydrogen) atoms. The van der Waals surface area contributed by atoms with E-state index in [1.807, 2.05) is 6.07 Å². The predicted octanol–water partition coefficient (Wildman–Crippen LogP) is 4.43. The molecule has 0 saturated heterocycles. The quantitative estimate of drug-likeness (QED) is 0.604. The molecule has 4 heteroatoms. The van der Waals surface area contributed by atoms with Crippen molar-refractivity contribution in [3.8, 4) is 0 Å². The molecule has 3 rings (SSSR count). The van der Waals surface area contributed by atoms with Gasteiger partial charge in [-0.3, -0.25) is 4.79 Å². The van der Waals surface area contributed by atoms with Crippen LogP contribution in [0.2, 0.25) is 0 Å². The highest BCUT2D eigenvalue weighted by molar-refractivity contribution is 5.88. The molecule has 0 bridgehead atoms. The van der Waals surface area contributed by atoms with E-state index in [9.17, 15) is 9.59 Å². The summed E-state index contributed by atoms with van der Waals surface area (Å²) in [6.45, 7) is 0. The van der Waals surface area contributed by atoms with Gasteiger partial charge in [0.2, 0.25) is 5.91 Å². The van der Waals surface area contributed by atoms with Crippen molar-refractivity contribution in [3.05, 3.63) is 70.7 Å². The minimum atomic E-state index is -0.592. The van der Waals surface area contributed by atoms with Gasteiger partial charge in [0, 0.05) is 6.42 Å². The molecule has 3 aromatic rings. The summed E-state index contributed by atoms with van der Waals surface area (Å²) >= 11 is 0. The second kappa shape index (κ2) is 7.77. The summed E-state index contributed by atoms with van der Waals surface area (Å²) in [5, 5.41) is 0. The average molecular weight is 323 g/mol. The van der Waals surface area contributed by atoms with E-state index in [0.717, 1.165) is 36.7 Å². The number of hydrogen-bond donors (Lipinski definition) is 0. The maximum absolute atomic E-state index is 12.3. The van der Waals surface area contributed by atoms with Crippen LogP contribution in [-0.4, -0.2) is 10.5 Å². The summed E-state index contributed by atoms with van der Waals surface area (Å²) in [6, 6.07) is 17.4. The van der Waals surface area contributed by atoms with Crippen LogP contribution in [0.4, 0.5) is 0 Å². The summed E-state index contributed by atoms with van der Waals surface area (Å²) in [7, 11) is 0. The first-order valence-electron chi connectivity index (χ1n) is 8.43. The molecule has 1 heterocycles. The van der Waals surface area contributed by atoms with Crippen LogP contribution in [-0.2, 0) is 6.42 Å². The molecule has 0 radical (unpaired) electrons. The molecule has 0 atom stereocenters. The molecule has 1 aromatic heterocycles. The third-order valence-corrected chi connectivity index (χ3v) is 4.18. The minimum absolute atomic E-state index is 0.187. The van der Waals surface area contributed by atoms with Crippen LogP contribution in [0.15, 0.2) is 63.8 Å². The lowest BCUT2D eigenvalue weighted by molar-refractivity contribution is 0.0895. The van der Waals surface area contributed by atoms with Crippen LogP contribution >= 0.6 is 0 Å². The Balaban J connectivity index is 1.46. The van der Waals surface area contributed by atoms with Gasteiger partial charge in [-0.05, 0) is 37.0 Å². The highest BCUT2D eigenvalue weighted by atomic mass is 16.4. The standard InChI is InChI=1S/C20H21NO3/c22-19(21-17-13-8-9-14-18(17)24-20(21)23)15-7-2-1-4-10-16-11-5-3-6-12-16/h3,5-6,8-9,11-14H,1-2,4,7,10,15H2. The number of rotatable bonds is 7. The molecule has 0 N–H and O–H groups in total. The number of aryl methyl sites for hydroxylation is 1. The Morgan fingerprint density at radius 2 is 1.58 bits per heavy atom. The van der Waals surface area contributed by atoms with Crippen molar-refractivity contribution < 1.29 is 9.21 Å². The van der Waals surface area contributed by atoms with Crippen LogP contribution in [0.3, 0.4) is 0 Å². The Bertz CT molecular complexity index is 861. The van der Waals surface area contributed by atoms with Gasteiger partial charge in [0.1, 0.15) is 0 Å². The van der Waals surface area contributed by atoms with Crippen molar-refractivity contribution in [3.63, 3.8) is 0 Å². The number of carbonyl (C=O) groups is 1. The average Bonchev–Trinajstić information content (AvgIpc) is 2.94. The molecule has 0 unspecified atom stereocenters. The van der Waals surface area contributed by atoms with E-state index in [0.29, 0.717) is 17.5 Å². The first-order chi connectivity index (χ1) is 11.8. The van der Waals surface area contributed by atoms with Gasteiger partial charge < -0.3 is 4.42 Å². The number of hydrogen-bond acceptors (Lipinski definition) is 3. The number of para-hydroxylation sites is 2. The number of benzene rings is 2. The van der Waals surface area contributed by atoms with Crippen molar-refractivity contribution >= 4 is 17.0 Å². The smallest absolute Gasteiger partial charge is 0.407 e. The fourth-order valence-corrected chi connectivity index (χ4v) is 2.92. The number of fused-ring (bicyclic) bond motifs is 1. The van der Waals surface area contributed by atoms with E-state index < -0.39 is 5.76 Å². The van der Waals surface area contributed by atoms with E-state index in [-0.39, 0.29) is 5.91 Å². The maximum Gasteiger partial charge on any atom is 0.426 e. The van der Waals surface area contributed by atoms with Crippen LogP contribution in [0.25, 0.3) is 11.1 Å². The Morgan fingerprint density at radius 1 is 0.875 bits per heavy atom. The zero-order chi connectivity index (χ0) is 16.8. The van der Waals surface area contributed by atoms with Gasteiger partial charge in [0.05, 0.1) is 5.52 Å². The van der Waals surface area contributed by atoms with Gasteiger partial charge in [-0.2, -0.15) is 0 Å². The Kier molecular flexibility index (Phi) is 5.26. The topological polar surface area (TPSA) is 52.2 Å². The van der Waals surface area contributed by atoms with Gasteiger partial charge in [0.25, 0.3) is 0 Å². The molecule has 0 fully saturated rings. The number of nitrogens with zero attached hydrogens (tertiary/aromatic N) is 1. The zero-order valence-electron chi connectivity index (χ0n) is 13.6. The first-order valence-corrected chi connectivity index (χ1v) is 8.43. The van der Waals surface area contributed by atoms with Crippen molar-refractivity contribution in [1.29, 1.82) is 0 Å². The number of carbonyl (C=O) groups excluding carboxylic acids is 1. The van der Waals surface area contributed by atoms with Crippen LogP contribution in [0.1, 0.15) is 42.5 Å². The highest BCUT2D eigenvalue weighted by Gasteiger charge is 2.14. The van der Waals surface area contributed by atoms with Gasteiger partial charge in [-0.25, -0.2) is 9.36 Å². The molecule has 0 aliphatic heterocycles. The monoisotopic (exact) mass is 323 g/mol. The molecule has 2 aromatic carbocycles. The number of aromatic nitrogens is 1. The Morgan fingerprint density at radius 3 is 2.42 bits per heavy atom. The van der Waals surface area contributed by atoms with Crippen molar-refractivity contribution in [2.24, 2.45) is 0 Å². The summed E-state index contributed by atoms with van der Waals surface area (Å²) in [6.07, 6.45) is 5.42. The van der Waals surface area contributed by atoms with E-state index in [2.05, 4.69) is 24.3 Å². The summed E-state index contributed by atoms with van der Waals surface area (Å²) in [4.78, 5) is 24.1. The fourth-order valence-electron chi connectivity index (χ4n) is 2.92. The normalized spacial score (nSPS) is 11.0. The SMILES string of the molecule is O=C(CCCCCCc1ccccc1)n1c(=O)oc2ccccc21. The first kappa shape index (κ1) is 16.2. The predicted molar refractivity (Wildman–Crippen MR) is 94.3 cm³/mol. The van der Waals surface area contributed by atoms with E-state index in [1.165, 1.54) is 5.56 Å². The van der Waals surface area contributed by atoms with E-state index in [1.54, 1.807) is 24.3 Å². The maximum atomic E-state index is 12.3. The van der Waals surface area contributed by atoms with E-state index >= 15 is 0 Å². The molecule has 0 aliphatic rings. The molecular weight excluding hydrogens is 302 g/mol. The third kappa shape index (κ3) is 3.82. The van der Waals surface area contributed by atoms with Crippen molar-refractivity contribution in [1.82, 2.24) is 4.57 Å². The Labute approximate surface area is 140 Å². The largest absolute Gasteiger partial charge is 0.426 e.